The van der Waals surface area contributed by atoms with Crippen molar-refractivity contribution in [3.05, 3.63) is 69.6 Å². The van der Waals surface area contributed by atoms with Gasteiger partial charge in [0.2, 0.25) is 0 Å². The maximum absolute atomic E-state index is 12.0. The lowest BCUT2D eigenvalue weighted by Gasteiger charge is -1.98. The molecule has 7 heteroatoms. The fourth-order valence-electron chi connectivity index (χ4n) is 1.98. The zero-order valence-corrected chi connectivity index (χ0v) is 13.8. The molecule has 1 aliphatic rings. The van der Waals surface area contributed by atoms with E-state index in [1.807, 2.05) is 0 Å². The number of phenolic OH excluding ortho intramolecular Hbond substituents is 1. The first kappa shape index (κ1) is 16.3. The van der Waals surface area contributed by atoms with Crippen molar-refractivity contribution >= 4 is 46.4 Å². The van der Waals surface area contributed by atoms with Gasteiger partial charge in [-0.15, -0.1) is 0 Å². The summed E-state index contributed by atoms with van der Waals surface area (Å²) in [6, 6.07) is 13.2. The molecule has 2 aromatic carbocycles. The van der Waals surface area contributed by atoms with Crippen LogP contribution in [0.25, 0.3) is 6.08 Å². The van der Waals surface area contributed by atoms with E-state index in [9.17, 15) is 14.7 Å². The van der Waals surface area contributed by atoms with Gasteiger partial charge < -0.3 is 10.4 Å². The number of hydrogen-bond donors (Lipinski definition) is 2. The number of thioether (sulfide) groups is 1. The predicted octanol–water partition coefficient (Wildman–Crippen LogP) is 3.45. The number of aliphatic imine (C=N–C) groups is 1. The first-order valence-electron chi connectivity index (χ1n) is 6.90. The molecule has 3 rings (SSSR count). The molecule has 0 unspecified atom stereocenters. The first-order valence-corrected chi connectivity index (χ1v) is 8.10. The van der Waals surface area contributed by atoms with Crippen LogP contribution in [-0.2, 0) is 4.79 Å². The van der Waals surface area contributed by atoms with Gasteiger partial charge in [0.15, 0.2) is 5.17 Å². The fourth-order valence-corrected chi connectivity index (χ4v) is 2.99. The van der Waals surface area contributed by atoms with Crippen molar-refractivity contribution < 1.29 is 14.7 Å². The highest BCUT2D eigenvalue weighted by atomic mass is 35.5. The van der Waals surface area contributed by atoms with Crippen LogP contribution >= 0.6 is 23.4 Å². The zero-order valence-electron chi connectivity index (χ0n) is 12.2. The molecule has 0 atom stereocenters. The van der Waals surface area contributed by atoms with Gasteiger partial charge in [-0.3, -0.25) is 9.59 Å². The number of carbonyl (C=O) groups is 2. The second-order valence-electron chi connectivity index (χ2n) is 4.86. The number of nitrogens with one attached hydrogen (secondary N) is 1. The highest BCUT2D eigenvalue weighted by Gasteiger charge is 2.24. The molecule has 0 radical (unpaired) electrons. The lowest BCUT2D eigenvalue weighted by Crippen LogP contribution is -2.20. The third kappa shape index (κ3) is 3.67. The summed E-state index contributed by atoms with van der Waals surface area (Å²) >= 11 is 6.92. The molecule has 5 nitrogen and oxygen atoms in total. The number of phenols is 1. The van der Waals surface area contributed by atoms with E-state index in [2.05, 4.69) is 10.3 Å². The third-order valence-corrected chi connectivity index (χ3v) is 4.36. The number of nitrogens with zero attached hydrogens (tertiary/aromatic N) is 1. The summed E-state index contributed by atoms with van der Waals surface area (Å²) in [6.07, 6.45) is 1.61. The number of aromatic hydroxyl groups is 1. The Morgan fingerprint density at radius 2 is 1.96 bits per heavy atom. The van der Waals surface area contributed by atoms with Crippen molar-refractivity contribution in [3.8, 4) is 5.75 Å². The van der Waals surface area contributed by atoms with E-state index >= 15 is 0 Å². The molecule has 0 aliphatic carbocycles. The van der Waals surface area contributed by atoms with Crippen LogP contribution in [0.1, 0.15) is 15.9 Å². The molecule has 1 aliphatic heterocycles. The molecule has 2 amide bonds. The standard InChI is InChI=1S/C17H11ClN2O3S/c18-12-8-10(6-7-13(12)21)9-14-16(23)20-17(24-14)19-15(22)11-4-2-1-3-5-11/h1-9,21H,(H,19,20,22,23)/b14-9-. The van der Waals surface area contributed by atoms with Gasteiger partial charge in [0.1, 0.15) is 5.75 Å². The number of rotatable bonds is 2. The number of benzene rings is 2. The van der Waals surface area contributed by atoms with Crippen molar-refractivity contribution in [3.63, 3.8) is 0 Å². The van der Waals surface area contributed by atoms with Crippen LogP contribution in [0, 0.1) is 0 Å². The van der Waals surface area contributed by atoms with Gasteiger partial charge in [-0.05, 0) is 47.7 Å². The summed E-state index contributed by atoms with van der Waals surface area (Å²) in [6.45, 7) is 0. The smallest absolute Gasteiger partial charge is 0.279 e. The second kappa shape index (κ2) is 6.90. The van der Waals surface area contributed by atoms with Crippen LogP contribution in [-0.4, -0.2) is 22.1 Å². The summed E-state index contributed by atoms with van der Waals surface area (Å²) in [7, 11) is 0. The molecular weight excluding hydrogens is 348 g/mol. The van der Waals surface area contributed by atoms with Crippen molar-refractivity contribution in [2.45, 2.75) is 0 Å². The Balaban J connectivity index is 1.80. The summed E-state index contributed by atoms with van der Waals surface area (Å²) in [5, 5.41) is 12.4. The Kier molecular flexibility index (Phi) is 4.69. The lowest BCUT2D eigenvalue weighted by atomic mass is 10.2. The molecule has 2 aromatic rings. The highest BCUT2D eigenvalue weighted by molar-refractivity contribution is 8.18. The van der Waals surface area contributed by atoms with Crippen molar-refractivity contribution in [2.24, 2.45) is 4.99 Å². The van der Waals surface area contributed by atoms with Gasteiger partial charge in [-0.1, -0.05) is 35.9 Å². The number of carbonyl (C=O) groups excluding carboxylic acids is 2. The van der Waals surface area contributed by atoms with Crippen molar-refractivity contribution in [1.82, 2.24) is 5.32 Å². The second-order valence-corrected chi connectivity index (χ2v) is 6.30. The minimum absolute atomic E-state index is 0.0296. The lowest BCUT2D eigenvalue weighted by molar-refractivity contribution is -0.115. The Bertz CT molecular complexity index is 879. The average Bonchev–Trinajstić information content (AvgIpc) is 2.91. The van der Waals surface area contributed by atoms with E-state index < -0.39 is 5.91 Å². The summed E-state index contributed by atoms with van der Waals surface area (Å²) in [4.78, 5) is 28.3. The van der Waals surface area contributed by atoms with Gasteiger partial charge in [-0.2, -0.15) is 4.99 Å². The van der Waals surface area contributed by atoms with E-state index in [1.54, 1.807) is 48.5 Å². The summed E-state index contributed by atoms with van der Waals surface area (Å²) in [5.41, 5.74) is 1.11. The molecule has 0 bridgehead atoms. The molecular formula is C17H11ClN2O3S. The molecule has 120 valence electrons. The van der Waals surface area contributed by atoms with E-state index in [1.165, 1.54) is 6.07 Å². The zero-order chi connectivity index (χ0) is 17.1. The Hall–Kier alpha value is -2.57. The SMILES string of the molecule is O=C1NC(=NC(=O)c2ccccc2)S/C1=C\c1ccc(O)c(Cl)c1. The number of hydrogen-bond acceptors (Lipinski definition) is 4. The van der Waals surface area contributed by atoms with Gasteiger partial charge in [0, 0.05) is 5.56 Å². The van der Waals surface area contributed by atoms with Crippen LogP contribution in [0.5, 0.6) is 5.75 Å². The van der Waals surface area contributed by atoms with Crippen LogP contribution in [0.4, 0.5) is 0 Å². The maximum atomic E-state index is 12.0. The van der Waals surface area contributed by atoms with Gasteiger partial charge in [0.25, 0.3) is 11.8 Å². The number of halogens is 1. The van der Waals surface area contributed by atoms with Gasteiger partial charge >= 0.3 is 0 Å². The molecule has 0 aromatic heterocycles. The number of amides is 2. The Morgan fingerprint density at radius 3 is 2.67 bits per heavy atom. The molecule has 1 saturated heterocycles. The number of amidine groups is 1. The maximum Gasteiger partial charge on any atom is 0.279 e. The molecule has 0 saturated carbocycles. The van der Waals surface area contributed by atoms with Crippen LogP contribution < -0.4 is 5.32 Å². The quantitative estimate of drug-likeness (QED) is 0.806. The van der Waals surface area contributed by atoms with E-state index in [-0.39, 0.29) is 21.8 Å². The predicted molar refractivity (Wildman–Crippen MR) is 95.0 cm³/mol. The van der Waals surface area contributed by atoms with Crippen LogP contribution in [0.2, 0.25) is 5.02 Å². The average molecular weight is 359 g/mol. The molecule has 1 fully saturated rings. The van der Waals surface area contributed by atoms with E-state index in [0.29, 0.717) is 16.0 Å². The van der Waals surface area contributed by atoms with Crippen molar-refractivity contribution in [1.29, 1.82) is 0 Å². The minimum atomic E-state index is -0.424. The third-order valence-electron chi connectivity index (χ3n) is 3.14. The fraction of sp³-hybridized carbons (Fsp3) is 0. The van der Waals surface area contributed by atoms with Gasteiger partial charge in [0.05, 0.1) is 9.93 Å². The first-order chi connectivity index (χ1) is 11.5. The molecule has 24 heavy (non-hydrogen) atoms. The highest BCUT2D eigenvalue weighted by Crippen LogP contribution is 2.29. The monoisotopic (exact) mass is 358 g/mol. The largest absolute Gasteiger partial charge is 0.506 e. The molecule has 1 heterocycles. The van der Waals surface area contributed by atoms with Crippen LogP contribution in [0.15, 0.2) is 58.4 Å². The van der Waals surface area contributed by atoms with E-state index in [4.69, 9.17) is 11.6 Å². The van der Waals surface area contributed by atoms with Crippen molar-refractivity contribution in [2.75, 3.05) is 0 Å². The van der Waals surface area contributed by atoms with Crippen LogP contribution in [0.3, 0.4) is 0 Å². The van der Waals surface area contributed by atoms with E-state index in [0.717, 1.165) is 11.8 Å². The topological polar surface area (TPSA) is 78.8 Å². The Labute approximate surface area is 147 Å². The molecule has 2 N–H and O–H groups in total. The molecule has 0 spiro atoms. The Morgan fingerprint density at radius 1 is 1.21 bits per heavy atom. The summed E-state index contributed by atoms with van der Waals surface area (Å²) in [5.74, 6) is -0.797. The normalized spacial score (nSPS) is 17.3. The minimum Gasteiger partial charge on any atom is -0.506 e. The van der Waals surface area contributed by atoms with Gasteiger partial charge in [-0.25, -0.2) is 0 Å². The summed E-state index contributed by atoms with van der Waals surface area (Å²) < 4.78 is 0.